The summed E-state index contributed by atoms with van der Waals surface area (Å²) in [6.07, 6.45) is 8.26. The number of aryl methyl sites for hydroxylation is 1. The van der Waals surface area contributed by atoms with Crippen LogP contribution in [0.15, 0.2) is 109 Å². The van der Waals surface area contributed by atoms with Crippen LogP contribution >= 0.6 is 80.5 Å². The molecular weight excluding hydrogens is 879 g/mol. The molecule has 59 heavy (non-hydrogen) atoms. The van der Waals surface area contributed by atoms with Crippen molar-refractivity contribution in [1.29, 1.82) is 0 Å². The Morgan fingerprint density at radius 1 is 0.712 bits per heavy atom. The minimum absolute atomic E-state index is 0. The van der Waals surface area contributed by atoms with Crippen LogP contribution in [0.1, 0.15) is 36.9 Å². The first kappa shape index (κ1) is 42.9. The van der Waals surface area contributed by atoms with Crippen molar-refractivity contribution >= 4 is 114 Å². The second-order valence-electron chi connectivity index (χ2n) is 13.2. The van der Waals surface area contributed by atoms with Gasteiger partial charge in [-0.3, -0.25) is 18.7 Å². The number of anilines is 2. The Morgan fingerprint density at radius 2 is 1.25 bits per heavy atom. The van der Waals surface area contributed by atoms with Gasteiger partial charge in [0.05, 0.1) is 39.3 Å². The molecule has 304 valence electrons. The molecular formula is C43H42ClFN6O2S6+2. The van der Waals surface area contributed by atoms with Gasteiger partial charge in [0.25, 0.3) is 21.1 Å². The van der Waals surface area contributed by atoms with Gasteiger partial charge >= 0.3 is 0 Å². The van der Waals surface area contributed by atoms with E-state index in [9.17, 15) is 14.0 Å². The highest BCUT2D eigenvalue weighted by Crippen LogP contribution is 2.49. The van der Waals surface area contributed by atoms with Crippen molar-refractivity contribution in [3.8, 4) is 0 Å². The monoisotopic (exact) mass is 920 g/mol. The Balaban J connectivity index is 0.000000180. The maximum atomic E-state index is 14.4. The summed E-state index contributed by atoms with van der Waals surface area (Å²) >= 11 is 15.8. The molecule has 0 aliphatic carbocycles. The van der Waals surface area contributed by atoms with Crippen LogP contribution in [-0.2, 0) is 26.7 Å². The van der Waals surface area contributed by atoms with Gasteiger partial charge in [-0.2, -0.15) is 9.13 Å². The molecule has 4 aromatic heterocycles. The molecule has 3 aromatic carbocycles. The average molecular weight is 922 g/mol. The van der Waals surface area contributed by atoms with E-state index in [0.717, 1.165) is 56.0 Å². The molecule has 0 atom stereocenters. The van der Waals surface area contributed by atoms with E-state index in [1.54, 1.807) is 61.3 Å². The Kier molecular flexibility index (Phi) is 13.2. The number of hydrogen-bond acceptors (Lipinski definition) is 10. The lowest BCUT2D eigenvalue weighted by molar-refractivity contribution is -0.685. The second kappa shape index (κ2) is 18.2. The summed E-state index contributed by atoms with van der Waals surface area (Å²) in [4.78, 5) is 32.1. The number of rotatable bonds is 6. The predicted molar refractivity (Wildman–Crippen MR) is 250 cm³/mol. The van der Waals surface area contributed by atoms with Crippen molar-refractivity contribution in [1.82, 2.24) is 9.13 Å². The van der Waals surface area contributed by atoms with Gasteiger partial charge in [-0.05, 0) is 38.1 Å². The van der Waals surface area contributed by atoms with Crippen LogP contribution in [0.3, 0.4) is 0 Å². The summed E-state index contributed by atoms with van der Waals surface area (Å²) in [6.45, 7) is 5.98. The molecule has 0 amide bonds. The van der Waals surface area contributed by atoms with Gasteiger partial charge < -0.3 is 9.80 Å². The van der Waals surface area contributed by atoms with Crippen LogP contribution < -0.4 is 48.4 Å². The van der Waals surface area contributed by atoms with Gasteiger partial charge in [-0.15, -0.1) is 22.7 Å². The maximum Gasteiger partial charge on any atom is 0.271 e. The fourth-order valence-electron chi connectivity index (χ4n) is 6.73. The second-order valence-corrected chi connectivity index (χ2v) is 19.6. The van der Waals surface area contributed by atoms with Crippen molar-refractivity contribution in [3.63, 3.8) is 0 Å². The van der Waals surface area contributed by atoms with Gasteiger partial charge in [0.1, 0.15) is 41.3 Å². The standard InChI is InChI=1S/C24H21FN3OS3.C18H17ClN3OS3.CH4/c1-3-28-20(14-19-27(12-13-30-19)15-16-8-5-4-6-9-16)32-22(23(28)29)24-26(2)21-17(25)10-7-11-18(21)31-24;1-4-22-14(10-13-20(2)8-9-24-13)26-16(17(22)23)18-21(3)15-11(19)6-5-7-12(15)25-18;/h4-14H,3,15H2,1-2H3;5-10H,4H2,1-3H3;1H4/q2*+1;/b24-22+;18-16+;. The van der Waals surface area contributed by atoms with E-state index in [2.05, 4.69) is 45.0 Å². The quantitative estimate of drug-likeness (QED) is 0.171. The van der Waals surface area contributed by atoms with E-state index in [1.165, 1.54) is 34.7 Å². The number of para-hydroxylation sites is 2. The van der Waals surface area contributed by atoms with Crippen LogP contribution in [0.25, 0.3) is 22.2 Å². The summed E-state index contributed by atoms with van der Waals surface area (Å²) in [6, 6.07) is 21.2. The molecule has 0 saturated heterocycles. The lowest BCUT2D eigenvalue weighted by Gasteiger charge is -2.13. The zero-order valence-electron chi connectivity index (χ0n) is 32.1. The van der Waals surface area contributed by atoms with Crippen LogP contribution in [-0.4, -0.2) is 23.2 Å². The highest BCUT2D eigenvalue weighted by atomic mass is 35.5. The van der Waals surface area contributed by atoms with E-state index >= 15 is 0 Å². The molecule has 0 spiro atoms. The number of benzene rings is 3. The van der Waals surface area contributed by atoms with Crippen LogP contribution in [0.5, 0.6) is 0 Å². The van der Waals surface area contributed by atoms with Gasteiger partial charge in [-0.25, -0.2) is 4.39 Å². The first-order valence-corrected chi connectivity index (χ1v) is 23.7. The normalized spacial score (nSPS) is 15.6. The molecule has 2 aliphatic heterocycles. The fraction of sp³-hybridized carbons (Fsp3) is 0.209. The Morgan fingerprint density at radius 3 is 1.81 bits per heavy atom. The van der Waals surface area contributed by atoms with Crippen LogP contribution in [0.4, 0.5) is 15.8 Å². The average Bonchev–Trinajstić information content (AvgIpc) is 4.07. The fourth-order valence-corrected chi connectivity index (χ4v) is 13.8. The number of halogens is 2. The van der Waals surface area contributed by atoms with Gasteiger partial charge in [0.2, 0.25) is 0 Å². The van der Waals surface area contributed by atoms with Crippen molar-refractivity contribution in [2.24, 2.45) is 7.05 Å². The van der Waals surface area contributed by atoms with Crippen LogP contribution in [0, 0.1) is 5.82 Å². The third-order valence-corrected chi connectivity index (χ3v) is 16.7. The third kappa shape index (κ3) is 8.30. The topological polar surface area (TPSA) is 58.2 Å². The third-order valence-electron chi connectivity index (χ3n) is 9.66. The number of thioether (sulfide) groups is 2. The zero-order valence-corrected chi connectivity index (χ0v) is 37.8. The van der Waals surface area contributed by atoms with Crippen molar-refractivity contribution < 1.29 is 13.5 Å². The largest absolute Gasteiger partial charge is 0.336 e. The van der Waals surface area contributed by atoms with E-state index in [0.29, 0.717) is 28.3 Å². The van der Waals surface area contributed by atoms with Gasteiger partial charge in [0.15, 0.2) is 18.9 Å². The van der Waals surface area contributed by atoms with Gasteiger partial charge in [0, 0.05) is 42.5 Å². The number of hydrogen-bond donors (Lipinski definition) is 0. The summed E-state index contributed by atoms with van der Waals surface area (Å²) in [7, 11) is 5.81. The SMILES string of the molecule is C.CCn1c(=O)/c(=C2\Sc3cccc(Cl)c3N2C)s/c1=C\c1scc[n+]1C.CCn1c(=O)/c(=C2\Sc3cccc(F)c3N2C)s/c1=C\c1scc[n+]1Cc1ccccc1. The highest BCUT2D eigenvalue weighted by Gasteiger charge is 2.29. The smallest absolute Gasteiger partial charge is 0.271 e. The lowest BCUT2D eigenvalue weighted by atomic mass is 10.2. The van der Waals surface area contributed by atoms with Crippen molar-refractivity contribution in [3.05, 3.63) is 155 Å². The molecule has 8 nitrogen and oxygen atoms in total. The summed E-state index contributed by atoms with van der Waals surface area (Å²) < 4.78 is 25.6. The Hall–Kier alpha value is -4.22. The van der Waals surface area contributed by atoms with Crippen LogP contribution in [0.2, 0.25) is 5.02 Å². The highest BCUT2D eigenvalue weighted by molar-refractivity contribution is 8.09. The summed E-state index contributed by atoms with van der Waals surface area (Å²) in [5, 5.41) is 8.73. The first-order valence-electron chi connectivity index (χ1n) is 18.3. The Bertz CT molecular complexity index is 3060. The van der Waals surface area contributed by atoms with E-state index in [-0.39, 0.29) is 24.4 Å². The molecule has 7 aromatic rings. The lowest BCUT2D eigenvalue weighted by Crippen LogP contribution is -2.36. The van der Waals surface area contributed by atoms with E-state index in [4.69, 9.17) is 11.6 Å². The summed E-state index contributed by atoms with van der Waals surface area (Å²) in [5.41, 5.74) is 2.76. The van der Waals surface area contributed by atoms with Crippen molar-refractivity contribution in [2.75, 3.05) is 23.9 Å². The van der Waals surface area contributed by atoms with Crippen molar-refractivity contribution in [2.45, 2.75) is 50.7 Å². The molecule has 0 unspecified atom stereocenters. The Labute approximate surface area is 371 Å². The minimum Gasteiger partial charge on any atom is -0.336 e. The predicted octanol–water partition coefficient (Wildman–Crippen LogP) is 6.84. The molecule has 9 rings (SSSR count). The van der Waals surface area contributed by atoms with Gasteiger partial charge in [-0.1, -0.05) is 108 Å². The number of nitrogens with zero attached hydrogens (tertiary/aromatic N) is 6. The molecule has 0 fully saturated rings. The number of fused-ring (bicyclic) bond motifs is 2. The van der Waals surface area contributed by atoms with E-state index < -0.39 is 0 Å². The molecule has 6 heterocycles. The molecule has 0 radical (unpaired) electrons. The first-order chi connectivity index (χ1) is 28.1. The number of thiazole rings is 4. The molecule has 0 N–H and O–H groups in total. The zero-order chi connectivity index (χ0) is 40.7. The molecule has 0 saturated carbocycles. The minimum atomic E-state index is -0.271. The number of aromatic nitrogens is 4. The van der Waals surface area contributed by atoms with E-state index in [1.807, 2.05) is 98.5 Å². The molecule has 0 bridgehead atoms. The molecule has 16 heteroatoms. The summed E-state index contributed by atoms with van der Waals surface area (Å²) in [5.74, 6) is -0.271. The molecule has 2 aliphatic rings. The maximum absolute atomic E-state index is 14.4.